The number of carbonyl (C=O) groups is 1. The number of hydrogen-bond acceptors (Lipinski definition) is 3. The molecule has 0 atom stereocenters. The topological polar surface area (TPSA) is 49.4 Å². The number of carboxylic acid groups (broad SMARTS) is 1. The maximum absolute atomic E-state index is 10.9. The van der Waals surface area contributed by atoms with E-state index in [1.165, 1.54) is 0 Å². The number of carbonyl (C=O) groups excluding carboxylic acids is 1. The Morgan fingerprint density at radius 3 is 2.53 bits per heavy atom. The molecule has 17 heavy (non-hydrogen) atoms. The number of hydrogen-bond donors (Lipinski definition) is 0. The van der Waals surface area contributed by atoms with Gasteiger partial charge >= 0.3 is 121 Å². The van der Waals surface area contributed by atoms with Crippen molar-refractivity contribution in [3.8, 4) is 5.75 Å². The number of ether oxygens (including phenoxy) is 1. The number of carboxylic acids is 1. The summed E-state index contributed by atoms with van der Waals surface area (Å²) in [6, 6.07) is 9.00. The molecule has 5 heteroatoms. The molecule has 3 nitrogen and oxygen atoms in total. The van der Waals surface area contributed by atoms with E-state index in [4.69, 9.17) is 4.74 Å². The van der Waals surface area contributed by atoms with Gasteiger partial charge in [0.1, 0.15) is 0 Å². The van der Waals surface area contributed by atoms with Crippen LogP contribution in [0.3, 0.4) is 0 Å². The molecule has 2 aromatic carbocycles. The Balaban J connectivity index is 0.00000144. The van der Waals surface area contributed by atoms with E-state index in [2.05, 4.69) is 0 Å². The monoisotopic (exact) mass is 214 g/mol. The van der Waals surface area contributed by atoms with Crippen molar-refractivity contribution >= 4 is 38.7 Å². The molecule has 0 aliphatic rings. The van der Waals surface area contributed by atoms with Crippen molar-refractivity contribution in [2.75, 3.05) is 7.11 Å². The van der Waals surface area contributed by atoms with Crippen molar-refractivity contribution in [3.63, 3.8) is 0 Å². The third kappa shape index (κ3) is 2.89. The fourth-order valence-corrected chi connectivity index (χ4v) is 1.74. The van der Waals surface area contributed by atoms with Gasteiger partial charge in [-0.3, -0.25) is 0 Å². The van der Waals surface area contributed by atoms with Crippen molar-refractivity contribution in [2.24, 2.45) is 0 Å². The van der Waals surface area contributed by atoms with E-state index in [1.807, 2.05) is 18.2 Å². The van der Waals surface area contributed by atoms with Gasteiger partial charge in [0.05, 0.1) is 0 Å². The number of aromatic carboxylic acids is 1. The molecule has 0 radical (unpaired) electrons. The Morgan fingerprint density at radius 1 is 1.24 bits per heavy atom. The van der Waals surface area contributed by atoms with Crippen LogP contribution in [0.2, 0.25) is 0 Å². The van der Waals surface area contributed by atoms with Gasteiger partial charge in [0.2, 0.25) is 0 Å². The molecular weight excluding hydrogens is 206 g/mol. The first-order chi connectivity index (χ1) is 7.61. The van der Waals surface area contributed by atoms with Crippen molar-refractivity contribution in [1.29, 1.82) is 0 Å². The van der Waals surface area contributed by atoms with Gasteiger partial charge in [0.25, 0.3) is 0 Å². The Bertz CT molecular complexity index is 567. The summed E-state index contributed by atoms with van der Waals surface area (Å²) >= 11 is 1.76. The average Bonchev–Trinajstić information content (AvgIpc) is 2.27. The zero-order chi connectivity index (χ0) is 11.7. The molecular formula is C12H8Li2O3. The van der Waals surface area contributed by atoms with Gasteiger partial charge in [-0.1, -0.05) is 0 Å². The zero-order valence-electron chi connectivity index (χ0n) is 10.1. The minimum atomic E-state index is -1.15. The van der Waals surface area contributed by atoms with Gasteiger partial charge in [-0.15, -0.1) is 0 Å². The number of benzene rings is 2. The summed E-state index contributed by atoms with van der Waals surface area (Å²) in [6.45, 7) is 0. The fourth-order valence-electron chi connectivity index (χ4n) is 1.74. The molecule has 0 fully saturated rings. The molecule has 0 saturated heterocycles. The van der Waals surface area contributed by atoms with Crippen LogP contribution in [-0.2, 0) is 0 Å². The molecule has 0 N–H and O–H groups in total. The number of methoxy groups -OCH3 is 1. The van der Waals surface area contributed by atoms with Gasteiger partial charge in [-0.25, -0.2) is 0 Å². The summed E-state index contributed by atoms with van der Waals surface area (Å²) < 4.78 is 5.80. The first-order valence-corrected chi connectivity index (χ1v) is 4.91. The Kier molecular flexibility index (Phi) is 4.75. The molecule has 0 spiro atoms. The first-order valence-electron chi connectivity index (χ1n) is 4.91. The van der Waals surface area contributed by atoms with E-state index >= 15 is 0 Å². The summed E-state index contributed by atoms with van der Waals surface area (Å²) in [4.78, 5) is 10.9. The minimum absolute atomic E-state index is 0. The summed E-state index contributed by atoms with van der Waals surface area (Å²) in [5.41, 5.74) is 0.223. The van der Waals surface area contributed by atoms with Crippen LogP contribution >= 0.6 is 0 Å². The molecule has 0 aromatic heterocycles. The van der Waals surface area contributed by atoms with Crippen molar-refractivity contribution < 1.29 is 33.5 Å². The standard InChI is InChI=1S/C12H9O3.2Li/c1-15-11-5-4-8-2-3-9(12(13)14)6-10(8)7-11;;/h2,4-7H,1H3,(H,13,14);;/q;;+1/p-1. The Morgan fingerprint density at radius 2 is 1.94 bits per heavy atom. The van der Waals surface area contributed by atoms with Gasteiger partial charge < -0.3 is 0 Å². The predicted octanol–water partition coefficient (Wildman–Crippen LogP) is -2.99. The molecule has 0 saturated carbocycles. The third-order valence-corrected chi connectivity index (χ3v) is 2.61. The van der Waals surface area contributed by atoms with Crippen LogP contribution in [0.5, 0.6) is 5.75 Å². The van der Waals surface area contributed by atoms with Gasteiger partial charge in [0, 0.05) is 0 Å². The predicted molar refractivity (Wildman–Crippen MR) is 60.2 cm³/mol. The van der Waals surface area contributed by atoms with Gasteiger partial charge in [-0.2, -0.15) is 0 Å². The van der Waals surface area contributed by atoms with Crippen LogP contribution in [0, 0.1) is 0 Å². The van der Waals surface area contributed by atoms with Crippen LogP contribution in [-0.4, -0.2) is 30.8 Å². The van der Waals surface area contributed by atoms with Crippen molar-refractivity contribution in [2.45, 2.75) is 0 Å². The molecule has 76 valence electrons. The van der Waals surface area contributed by atoms with Crippen LogP contribution in [0.25, 0.3) is 10.8 Å². The SMILES string of the molecule is [Li+].[Li][c]1cc2ccc(OC)cc2cc1C(=O)[O-]. The molecule has 2 rings (SSSR count). The summed E-state index contributed by atoms with van der Waals surface area (Å²) in [5.74, 6) is -0.442. The van der Waals surface area contributed by atoms with E-state index in [0.29, 0.717) is 9.99 Å². The Labute approximate surface area is 121 Å². The first kappa shape index (κ1) is 14.2. The molecule has 2 aromatic rings. The molecule has 0 aliphatic carbocycles. The second-order valence-electron chi connectivity index (χ2n) is 3.67. The van der Waals surface area contributed by atoms with Crippen LogP contribution < -0.4 is 32.9 Å². The van der Waals surface area contributed by atoms with E-state index < -0.39 is 5.97 Å². The summed E-state index contributed by atoms with van der Waals surface area (Å²) in [7, 11) is 1.58. The van der Waals surface area contributed by atoms with Crippen LogP contribution in [0.1, 0.15) is 10.4 Å². The van der Waals surface area contributed by atoms with E-state index in [0.717, 1.165) is 10.8 Å². The molecule has 0 bridgehead atoms. The second kappa shape index (κ2) is 5.67. The number of fused-ring (bicyclic) bond motifs is 1. The molecule has 0 amide bonds. The normalized spacial score (nSPS) is 9.82. The average molecular weight is 214 g/mol. The quantitative estimate of drug-likeness (QED) is 0.501. The summed E-state index contributed by atoms with van der Waals surface area (Å²) in [6.07, 6.45) is 0. The van der Waals surface area contributed by atoms with E-state index in [9.17, 15) is 9.90 Å². The van der Waals surface area contributed by atoms with E-state index in [1.54, 1.807) is 37.0 Å². The fraction of sp³-hybridized carbons (Fsp3) is 0.0833. The molecule has 0 heterocycles. The van der Waals surface area contributed by atoms with Crippen LogP contribution in [0.15, 0.2) is 30.3 Å². The number of rotatable bonds is 2. The zero-order valence-corrected chi connectivity index (χ0v) is 10.1. The third-order valence-electron chi connectivity index (χ3n) is 2.61. The van der Waals surface area contributed by atoms with Crippen molar-refractivity contribution in [1.82, 2.24) is 0 Å². The Hall–Kier alpha value is -0.835. The van der Waals surface area contributed by atoms with Crippen molar-refractivity contribution in [3.05, 3.63) is 35.9 Å². The molecule has 0 unspecified atom stereocenters. The summed E-state index contributed by atoms with van der Waals surface area (Å²) in [5, 5.41) is 12.7. The maximum atomic E-state index is 10.9. The second-order valence-corrected chi connectivity index (χ2v) is 3.67. The van der Waals surface area contributed by atoms with E-state index in [-0.39, 0.29) is 24.4 Å². The van der Waals surface area contributed by atoms with Gasteiger partial charge in [0.15, 0.2) is 0 Å². The van der Waals surface area contributed by atoms with Gasteiger partial charge in [-0.05, 0) is 0 Å². The van der Waals surface area contributed by atoms with Crippen LogP contribution in [0.4, 0.5) is 0 Å². The molecule has 0 aliphatic heterocycles.